The SMILES string of the molecule is CCc1cccc(F)c1COC1CCCCO1. The molecule has 1 aromatic rings. The third-order valence-electron chi connectivity index (χ3n) is 3.15. The molecule has 0 spiro atoms. The van der Waals surface area contributed by atoms with Crippen LogP contribution in [0.5, 0.6) is 0 Å². The smallest absolute Gasteiger partial charge is 0.158 e. The number of benzene rings is 1. The maximum absolute atomic E-state index is 13.7. The Hall–Kier alpha value is -0.930. The Bertz CT molecular complexity index is 359. The van der Waals surface area contributed by atoms with Crippen LogP contribution in [0.3, 0.4) is 0 Å². The van der Waals surface area contributed by atoms with Crippen LogP contribution in [-0.2, 0) is 22.5 Å². The molecule has 94 valence electrons. The number of rotatable bonds is 4. The number of halogens is 1. The van der Waals surface area contributed by atoms with Crippen LogP contribution >= 0.6 is 0 Å². The Morgan fingerprint density at radius 1 is 1.41 bits per heavy atom. The molecule has 0 saturated carbocycles. The second kappa shape index (κ2) is 6.12. The van der Waals surface area contributed by atoms with Gasteiger partial charge in [0.2, 0.25) is 0 Å². The number of ether oxygens (including phenoxy) is 2. The Morgan fingerprint density at radius 3 is 3.00 bits per heavy atom. The lowest BCUT2D eigenvalue weighted by Crippen LogP contribution is -2.22. The van der Waals surface area contributed by atoms with Crippen LogP contribution in [-0.4, -0.2) is 12.9 Å². The van der Waals surface area contributed by atoms with Gasteiger partial charge < -0.3 is 9.47 Å². The van der Waals surface area contributed by atoms with E-state index < -0.39 is 0 Å². The van der Waals surface area contributed by atoms with E-state index in [0.717, 1.165) is 37.9 Å². The van der Waals surface area contributed by atoms with Gasteiger partial charge >= 0.3 is 0 Å². The summed E-state index contributed by atoms with van der Waals surface area (Å²) in [6.45, 7) is 3.08. The van der Waals surface area contributed by atoms with Gasteiger partial charge in [0.05, 0.1) is 6.61 Å². The maximum Gasteiger partial charge on any atom is 0.158 e. The first kappa shape index (κ1) is 12.5. The van der Waals surface area contributed by atoms with E-state index in [2.05, 4.69) is 0 Å². The first-order valence-corrected chi connectivity index (χ1v) is 6.30. The highest BCUT2D eigenvalue weighted by Crippen LogP contribution is 2.19. The summed E-state index contributed by atoms with van der Waals surface area (Å²) < 4.78 is 24.8. The lowest BCUT2D eigenvalue weighted by atomic mass is 10.1. The van der Waals surface area contributed by atoms with Crippen molar-refractivity contribution in [3.63, 3.8) is 0 Å². The number of hydrogen-bond donors (Lipinski definition) is 0. The van der Waals surface area contributed by atoms with Crippen LogP contribution in [0.15, 0.2) is 18.2 Å². The molecule has 17 heavy (non-hydrogen) atoms. The Labute approximate surface area is 102 Å². The van der Waals surface area contributed by atoms with Crippen LogP contribution in [0.1, 0.15) is 37.3 Å². The van der Waals surface area contributed by atoms with E-state index in [1.807, 2.05) is 13.0 Å². The van der Waals surface area contributed by atoms with Gasteiger partial charge in [-0.3, -0.25) is 0 Å². The molecule has 1 aliphatic heterocycles. The van der Waals surface area contributed by atoms with E-state index >= 15 is 0 Å². The standard InChI is InChI=1S/C14H19FO2/c1-2-11-6-5-7-13(15)12(11)10-17-14-8-3-4-9-16-14/h5-7,14H,2-4,8-10H2,1H3. The van der Waals surface area contributed by atoms with Crippen molar-refractivity contribution >= 4 is 0 Å². The highest BCUT2D eigenvalue weighted by Gasteiger charge is 2.16. The third kappa shape index (κ3) is 3.27. The highest BCUT2D eigenvalue weighted by atomic mass is 19.1. The predicted octanol–water partition coefficient (Wildman–Crippen LogP) is 3.43. The van der Waals surface area contributed by atoms with Crippen LogP contribution in [0.4, 0.5) is 4.39 Å². The summed E-state index contributed by atoms with van der Waals surface area (Å²) in [7, 11) is 0. The molecule has 1 aromatic carbocycles. The molecule has 1 atom stereocenters. The normalized spacial score (nSPS) is 20.5. The van der Waals surface area contributed by atoms with E-state index in [1.165, 1.54) is 6.07 Å². The Balaban J connectivity index is 1.97. The zero-order chi connectivity index (χ0) is 12.1. The minimum atomic E-state index is -0.180. The number of aryl methyl sites for hydroxylation is 1. The first-order valence-electron chi connectivity index (χ1n) is 6.30. The fourth-order valence-electron chi connectivity index (χ4n) is 2.12. The number of hydrogen-bond acceptors (Lipinski definition) is 2. The maximum atomic E-state index is 13.7. The summed E-state index contributed by atoms with van der Waals surface area (Å²) in [5, 5.41) is 0. The summed E-state index contributed by atoms with van der Waals surface area (Å²) in [6, 6.07) is 5.18. The lowest BCUT2D eigenvalue weighted by Gasteiger charge is -2.23. The zero-order valence-corrected chi connectivity index (χ0v) is 10.2. The predicted molar refractivity (Wildman–Crippen MR) is 64.2 cm³/mol. The van der Waals surface area contributed by atoms with Gasteiger partial charge in [0.15, 0.2) is 6.29 Å². The van der Waals surface area contributed by atoms with Gasteiger partial charge in [-0.1, -0.05) is 19.1 Å². The van der Waals surface area contributed by atoms with E-state index in [-0.39, 0.29) is 12.1 Å². The average molecular weight is 238 g/mol. The zero-order valence-electron chi connectivity index (χ0n) is 10.2. The summed E-state index contributed by atoms with van der Waals surface area (Å²) >= 11 is 0. The van der Waals surface area contributed by atoms with Crippen molar-refractivity contribution in [2.24, 2.45) is 0 Å². The second-order valence-electron chi connectivity index (χ2n) is 4.34. The van der Waals surface area contributed by atoms with Gasteiger partial charge in [0.1, 0.15) is 5.82 Å². The molecule has 2 nitrogen and oxygen atoms in total. The molecule has 0 amide bonds. The average Bonchev–Trinajstić information content (AvgIpc) is 2.38. The monoisotopic (exact) mass is 238 g/mol. The molecule has 0 N–H and O–H groups in total. The van der Waals surface area contributed by atoms with Gasteiger partial charge in [-0.15, -0.1) is 0 Å². The van der Waals surface area contributed by atoms with Crippen molar-refractivity contribution in [1.82, 2.24) is 0 Å². The van der Waals surface area contributed by atoms with Crippen molar-refractivity contribution in [1.29, 1.82) is 0 Å². The Morgan fingerprint density at radius 2 is 2.29 bits per heavy atom. The van der Waals surface area contributed by atoms with E-state index in [4.69, 9.17) is 9.47 Å². The van der Waals surface area contributed by atoms with Crippen molar-refractivity contribution < 1.29 is 13.9 Å². The van der Waals surface area contributed by atoms with Crippen molar-refractivity contribution in [2.75, 3.05) is 6.61 Å². The van der Waals surface area contributed by atoms with Gasteiger partial charge in [0.25, 0.3) is 0 Å². The lowest BCUT2D eigenvalue weighted by molar-refractivity contribution is -0.169. The quantitative estimate of drug-likeness (QED) is 0.800. The third-order valence-corrected chi connectivity index (χ3v) is 3.15. The highest BCUT2D eigenvalue weighted by molar-refractivity contribution is 5.28. The van der Waals surface area contributed by atoms with Gasteiger partial charge in [-0.25, -0.2) is 4.39 Å². The topological polar surface area (TPSA) is 18.5 Å². The fourth-order valence-corrected chi connectivity index (χ4v) is 2.12. The Kier molecular flexibility index (Phi) is 4.51. The fraction of sp³-hybridized carbons (Fsp3) is 0.571. The minimum absolute atomic E-state index is 0.159. The molecule has 0 aromatic heterocycles. The molecule has 1 heterocycles. The summed E-state index contributed by atoms with van der Waals surface area (Å²) in [5.74, 6) is -0.180. The van der Waals surface area contributed by atoms with Gasteiger partial charge in [-0.2, -0.15) is 0 Å². The molecule has 3 heteroatoms. The molecule has 0 bridgehead atoms. The molecule has 0 radical (unpaired) electrons. The van der Waals surface area contributed by atoms with Crippen LogP contribution in [0.2, 0.25) is 0 Å². The molecule has 1 aliphatic rings. The van der Waals surface area contributed by atoms with E-state index in [0.29, 0.717) is 12.2 Å². The molecular weight excluding hydrogens is 219 g/mol. The molecule has 1 saturated heterocycles. The van der Waals surface area contributed by atoms with Gasteiger partial charge in [0, 0.05) is 12.2 Å². The summed E-state index contributed by atoms with van der Waals surface area (Å²) in [6.07, 6.45) is 3.80. The van der Waals surface area contributed by atoms with Crippen molar-refractivity contribution in [3.8, 4) is 0 Å². The molecule has 0 aliphatic carbocycles. The van der Waals surface area contributed by atoms with Crippen LogP contribution in [0.25, 0.3) is 0 Å². The molecule has 1 unspecified atom stereocenters. The van der Waals surface area contributed by atoms with Gasteiger partial charge in [-0.05, 0) is 37.3 Å². The first-order chi connectivity index (χ1) is 8.31. The molecule has 1 fully saturated rings. The van der Waals surface area contributed by atoms with Crippen molar-refractivity contribution in [3.05, 3.63) is 35.1 Å². The van der Waals surface area contributed by atoms with Crippen LogP contribution in [0, 0.1) is 5.82 Å². The van der Waals surface area contributed by atoms with E-state index in [1.54, 1.807) is 6.07 Å². The second-order valence-corrected chi connectivity index (χ2v) is 4.34. The molecular formula is C14H19FO2. The largest absolute Gasteiger partial charge is 0.353 e. The van der Waals surface area contributed by atoms with Crippen molar-refractivity contribution in [2.45, 2.75) is 45.5 Å². The summed E-state index contributed by atoms with van der Waals surface area (Å²) in [5.41, 5.74) is 1.69. The summed E-state index contributed by atoms with van der Waals surface area (Å²) in [4.78, 5) is 0. The minimum Gasteiger partial charge on any atom is -0.353 e. The van der Waals surface area contributed by atoms with E-state index in [9.17, 15) is 4.39 Å². The van der Waals surface area contributed by atoms with Crippen LogP contribution < -0.4 is 0 Å². The molecule has 2 rings (SSSR count).